The van der Waals surface area contributed by atoms with Crippen LogP contribution in [0.5, 0.6) is 5.75 Å². The highest BCUT2D eigenvalue weighted by Gasteiger charge is 2.45. The van der Waals surface area contributed by atoms with Crippen LogP contribution in [0.3, 0.4) is 0 Å². The van der Waals surface area contributed by atoms with E-state index >= 15 is 0 Å². The maximum Gasteiger partial charge on any atom is 0.315 e. The molecular weight excluding hydrogens is 616 g/mol. The summed E-state index contributed by atoms with van der Waals surface area (Å²) < 4.78 is 5.64. The van der Waals surface area contributed by atoms with Crippen LogP contribution < -0.4 is 20.7 Å². The molecule has 220 valence electrons. The van der Waals surface area contributed by atoms with E-state index in [1.54, 1.807) is 30.3 Å². The van der Waals surface area contributed by atoms with Crippen LogP contribution in [0.2, 0.25) is 0 Å². The van der Waals surface area contributed by atoms with E-state index in [1.807, 2.05) is 54.6 Å². The van der Waals surface area contributed by atoms with Gasteiger partial charge in [0.1, 0.15) is 23.2 Å². The quantitative estimate of drug-likeness (QED) is 0.0283. The van der Waals surface area contributed by atoms with Crippen molar-refractivity contribution in [2.45, 2.75) is 11.3 Å². The first-order valence-corrected chi connectivity index (χ1v) is 16.6. The molecule has 5 aromatic carbocycles. The van der Waals surface area contributed by atoms with Gasteiger partial charge >= 0.3 is 11.7 Å². The third kappa shape index (κ3) is 6.74. The van der Waals surface area contributed by atoms with Crippen molar-refractivity contribution in [1.29, 1.82) is 0 Å². The Labute approximate surface area is 265 Å². The molecule has 0 spiro atoms. The summed E-state index contributed by atoms with van der Waals surface area (Å²) in [6, 6.07) is 41.2. The second-order valence-electron chi connectivity index (χ2n) is 9.95. The Kier molecular flexibility index (Phi) is 9.86. The largest absolute Gasteiger partial charge is 0.419 e. The van der Waals surface area contributed by atoms with Crippen LogP contribution in [0.15, 0.2) is 133 Å². The molecule has 0 radical (unpaired) electrons. The molecule has 0 N–H and O–H groups in total. The standard InChI is InChI=1S/C35H27Cl2NO5P/c36-35(37)34(40)26-18-16-25(17-19-26)27-20-21-32(31(24-27)38(41)42)43-33(39)22-23-44(28-10-4-1-5-11-28,29-12-6-2-7-13-29)30-14-8-3-9-15-30/h1-21,24,35H,22-23H2/q+1. The van der Waals surface area contributed by atoms with Gasteiger partial charge in [-0.1, -0.05) is 108 Å². The van der Waals surface area contributed by atoms with Gasteiger partial charge in [0.2, 0.25) is 5.75 Å². The summed E-state index contributed by atoms with van der Waals surface area (Å²) in [5.74, 6) is -1.13. The van der Waals surface area contributed by atoms with Gasteiger partial charge in [-0.3, -0.25) is 19.7 Å². The molecule has 0 saturated heterocycles. The number of nitro benzene ring substituents is 1. The van der Waals surface area contributed by atoms with Crippen LogP contribution in [-0.2, 0) is 4.79 Å². The van der Waals surface area contributed by atoms with Gasteiger partial charge in [-0.15, -0.1) is 0 Å². The van der Waals surface area contributed by atoms with Crippen LogP contribution in [0.1, 0.15) is 16.8 Å². The van der Waals surface area contributed by atoms with E-state index in [-0.39, 0.29) is 17.9 Å². The molecule has 0 bridgehead atoms. The molecule has 0 amide bonds. The van der Waals surface area contributed by atoms with Gasteiger partial charge in [0.05, 0.1) is 17.5 Å². The molecule has 5 aromatic rings. The van der Waals surface area contributed by atoms with Gasteiger partial charge in [-0.2, -0.15) is 0 Å². The van der Waals surface area contributed by atoms with E-state index in [9.17, 15) is 19.7 Å². The first-order chi connectivity index (χ1) is 21.3. The number of carbonyl (C=O) groups is 2. The summed E-state index contributed by atoms with van der Waals surface area (Å²) in [4.78, 5) is 35.7. The molecule has 0 aliphatic carbocycles. The maximum absolute atomic E-state index is 13.4. The Morgan fingerprint density at radius 2 is 1.18 bits per heavy atom. The van der Waals surface area contributed by atoms with Crippen LogP contribution in [-0.4, -0.2) is 27.7 Å². The number of hydrogen-bond acceptors (Lipinski definition) is 5. The first-order valence-electron chi connectivity index (χ1n) is 13.8. The van der Waals surface area contributed by atoms with Gasteiger partial charge in [-0.25, -0.2) is 0 Å². The highest BCUT2D eigenvalue weighted by Crippen LogP contribution is 2.55. The summed E-state index contributed by atoms with van der Waals surface area (Å²) in [7, 11) is -2.28. The monoisotopic (exact) mass is 642 g/mol. The minimum Gasteiger partial charge on any atom is -0.419 e. The Morgan fingerprint density at radius 1 is 0.705 bits per heavy atom. The average Bonchev–Trinajstić information content (AvgIpc) is 3.06. The van der Waals surface area contributed by atoms with Gasteiger partial charge < -0.3 is 4.74 Å². The Bertz CT molecular complexity index is 1670. The third-order valence-electron chi connectivity index (χ3n) is 7.32. The first kappa shape index (κ1) is 31.1. The molecule has 5 rings (SSSR count). The molecule has 44 heavy (non-hydrogen) atoms. The Morgan fingerprint density at radius 3 is 1.64 bits per heavy atom. The van der Waals surface area contributed by atoms with Gasteiger partial charge in [-0.05, 0) is 53.6 Å². The van der Waals surface area contributed by atoms with Crippen LogP contribution >= 0.6 is 30.5 Å². The lowest BCUT2D eigenvalue weighted by molar-refractivity contribution is -0.385. The number of benzene rings is 5. The van der Waals surface area contributed by atoms with E-state index in [1.165, 1.54) is 12.1 Å². The number of nitrogens with zero attached hydrogens (tertiary/aromatic N) is 1. The van der Waals surface area contributed by atoms with E-state index in [0.29, 0.717) is 22.9 Å². The van der Waals surface area contributed by atoms with E-state index in [2.05, 4.69) is 36.4 Å². The van der Waals surface area contributed by atoms with Crippen molar-refractivity contribution >= 4 is 63.8 Å². The van der Waals surface area contributed by atoms with E-state index < -0.39 is 28.8 Å². The summed E-state index contributed by atoms with van der Waals surface area (Å²) >= 11 is 11.4. The van der Waals surface area contributed by atoms with Crippen LogP contribution in [0.4, 0.5) is 5.69 Å². The Hall–Kier alpha value is -4.35. The smallest absolute Gasteiger partial charge is 0.315 e. The fourth-order valence-corrected chi connectivity index (χ4v) is 9.68. The van der Waals surface area contributed by atoms with Crippen LogP contribution in [0, 0.1) is 10.1 Å². The van der Waals surface area contributed by atoms with Crippen molar-refractivity contribution in [2.75, 3.05) is 6.16 Å². The number of rotatable bonds is 11. The SMILES string of the molecule is O=C(CC[P+](c1ccccc1)(c1ccccc1)c1ccccc1)Oc1ccc(-c2ccc(C(=O)C(Cl)Cl)cc2)cc1[N+](=O)[O-]. The summed E-state index contributed by atoms with van der Waals surface area (Å²) in [5.41, 5.74) is 1.13. The number of ketones is 1. The number of carbonyl (C=O) groups excluding carboxylic acids is 2. The lowest BCUT2D eigenvalue weighted by Gasteiger charge is -2.27. The lowest BCUT2D eigenvalue weighted by atomic mass is 10.0. The van der Waals surface area contributed by atoms with Crippen molar-refractivity contribution in [1.82, 2.24) is 0 Å². The predicted molar refractivity (Wildman–Crippen MR) is 179 cm³/mol. The topological polar surface area (TPSA) is 86.5 Å². The molecule has 6 nitrogen and oxygen atoms in total. The number of Topliss-reactive ketones (excluding diaryl/α,β-unsaturated/α-hetero) is 1. The number of hydrogen-bond donors (Lipinski definition) is 0. The molecule has 0 aliphatic heterocycles. The molecule has 0 fully saturated rings. The highest BCUT2D eigenvalue weighted by molar-refractivity contribution is 7.95. The fourth-order valence-electron chi connectivity index (χ4n) is 5.19. The molecule has 0 aromatic heterocycles. The van der Waals surface area contributed by atoms with Gasteiger partial charge in [0.15, 0.2) is 10.6 Å². The van der Waals surface area contributed by atoms with Crippen LogP contribution in [0.25, 0.3) is 11.1 Å². The number of nitro groups is 1. The molecule has 0 aliphatic rings. The van der Waals surface area contributed by atoms with Crippen molar-refractivity contribution in [2.24, 2.45) is 0 Å². The molecule has 0 saturated carbocycles. The van der Waals surface area contributed by atoms with Crippen molar-refractivity contribution in [3.63, 3.8) is 0 Å². The van der Waals surface area contributed by atoms with Gasteiger partial charge in [0, 0.05) is 11.6 Å². The van der Waals surface area contributed by atoms with Gasteiger partial charge in [0.25, 0.3) is 0 Å². The zero-order valence-electron chi connectivity index (χ0n) is 23.4. The average molecular weight is 643 g/mol. The summed E-state index contributed by atoms with van der Waals surface area (Å²) in [6.07, 6.45) is 0.523. The number of halogens is 2. The van der Waals surface area contributed by atoms with E-state index in [0.717, 1.165) is 15.9 Å². The lowest BCUT2D eigenvalue weighted by Crippen LogP contribution is -2.34. The third-order valence-corrected chi connectivity index (χ3v) is 12.2. The molecule has 0 heterocycles. The Balaban J connectivity index is 1.42. The zero-order valence-corrected chi connectivity index (χ0v) is 25.8. The number of esters is 1. The van der Waals surface area contributed by atoms with Crippen molar-refractivity contribution < 1.29 is 19.2 Å². The predicted octanol–water partition coefficient (Wildman–Crippen LogP) is 7.54. The number of ether oxygens (including phenoxy) is 1. The van der Waals surface area contributed by atoms with E-state index in [4.69, 9.17) is 27.9 Å². The minimum absolute atomic E-state index is 0.0446. The van der Waals surface area contributed by atoms with Crippen molar-refractivity contribution in [3.8, 4) is 16.9 Å². The second kappa shape index (κ2) is 14.0. The summed E-state index contributed by atoms with van der Waals surface area (Å²) in [5, 5.41) is 15.4. The fraction of sp³-hybridized carbons (Fsp3) is 0.0857. The maximum atomic E-state index is 13.4. The molecular formula is C35H27Cl2NO5P+. The van der Waals surface area contributed by atoms with Crippen molar-refractivity contribution in [3.05, 3.63) is 149 Å². The normalized spacial score (nSPS) is 11.2. The zero-order chi connectivity index (χ0) is 31.1. The molecule has 9 heteroatoms. The number of alkyl halides is 2. The highest BCUT2D eigenvalue weighted by atomic mass is 35.5. The minimum atomic E-state index is -2.28. The molecule has 0 atom stereocenters. The summed E-state index contributed by atoms with van der Waals surface area (Å²) in [6.45, 7) is 0. The second-order valence-corrected chi connectivity index (χ2v) is 14.7. The molecule has 0 unspecified atom stereocenters.